The molecule has 2 aromatic carbocycles. The van der Waals surface area contributed by atoms with Crippen LogP contribution < -0.4 is 4.90 Å². The highest BCUT2D eigenvalue weighted by atomic mass is 19.4. The van der Waals surface area contributed by atoms with Gasteiger partial charge in [-0.1, -0.05) is 18.2 Å². The summed E-state index contributed by atoms with van der Waals surface area (Å²) in [5.74, 6) is 0. The van der Waals surface area contributed by atoms with Crippen molar-refractivity contribution >= 4 is 17.1 Å². The minimum atomic E-state index is -4.43. The molecule has 0 aliphatic heterocycles. The Morgan fingerprint density at radius 3 is 2.05 bits per heavy atom. The van der Waals surface area contributed by atoms with Gasteiger partial charge in [-0.3, -0.25) is 0 Å². The first-order valence-corrected chi connectivity index (χ1v) is 6.23. The fourth-order valence-corrected chi connectivity index (χ4v) is 1.81. The number of alkyl halides is 3. The van der Waals surface area contributed by atoms with Crippen molar-refractivity contribution in [1.29, 1.82) is 0 Å². The van der Waals surface area contributed by atoms with Gasteiger partial charge in [0, 0.05) is 19.8 Å². The maximum atomic E-state index is 13.1. The van der Waals surface area contributed by atoms with Crippen LogP contribution in [0.5, 0.6) is 0 Å². The Morgan fingerprint density at radius 2 is 1.48 bits per heavy atom. The molecule has 2 rings (SSSR count). The predicted octanol–water partition coefficient (Wildman–Crippen LogP) is 5.19. The van der Waals surface area contributed by atoms with E-state index in [0.717, 1.165) is 6.07 Å². The third kappa shape index (κ3) is 3.81. The fourth-order valence-electron chi connectivity index (χ4n) is 1.81. The van der Waals surface area contributed by atoms with E-state index in [1.807, 2.05) is 6.07 Å². The smallest absolute Gasteiger partial charge is 0.377 e. The van der Waals surface area contributed by atoms with Gasteiger partial charge in [-0.15, -0.1) is 0 Å². The number of benzene rings is 2. The Bertz CT molecular complexity index is 634. The van der Waals surface area contributed by atoms with Gasteiger partial charge in [0.05, 0.1) is 16.9 Å². The van der Waals surface area contributed by atoms with Crippen LogP contribution in [0.4, 0.5) is 30.2 Å². The molecule has 0 fully saturated rings. The maximum absolute atomic E-state index is 13.1. The molecule has 0 bridgehead atoms. The zero-order valence-corrected chi connectivity index (χ0v) is 11.6. The second-order valence-electron chi connectivity index (χ2n) is 4.63. The molecule has 0 N–H and O–H groups in total. The van der Waals surface area contributed by atoms with Crippen LogP contribution >= 0.6 is 0 Å². The summed E-state index contributed by atoms with van der Waals surface area (Å²) in [4.78, 5) is 1.42. The summed E-state index contributed by atoms with van der Waals surface area (Å²) in [7, 11) is 3.13. The third-order valence-electron chi connectivity index (χ3n) is 2.80. The average molecular weight is 293 g/mol. The van der Waals surface area contributed by atoms with Crippen LogP contribution in [-0.4, -0.2) is 14.1 Å². The summed E-state index contributed by atoms with van der Waals surface area (Å²) in [5, 5.41) is 7.78. The Balaban J connectivity index is 2.36. The highest BCUT2D eigenvalue weighted by molar-refractivity contribution is 5.59. The standard InChI is InChI=1S/C15H14F3N3/c1-21(2)14-9-8-12(10-13(14)15(16,17)18)20-19-11-6-4-3-5-7-11/h3-10H,1-2H3. The van der Waals surface area contributed by atoms with E-state index in [1.54, 1.807) is 38.4 Å². The number of rotatable bonds is 3. The molecule has 3 nitrogen and oxygen atoms in total. The molecule has 0 spiro atoms. The Morgan fingerprint density at radius 1 is 0.857 bits per heavy atom. The Labute approximate surface area is 120 Å². The SMILES string of the molecule is CN(C)c1ccc(N=Nc2ccccc2)cc1C(F)(F)F. The van der Waals surface area contributed by atoms with Gasteiger partial charge >= 0.3 is 6.18 Å². The molecule has 0 saturated heterocycles. The van der Waals surface area contributed by atoms with Gasteiger partial charge in [-0.25, -0.2) is 0 Å². The zero-order valence-electron chi connectivity index (χ0n) is 11.6. The molecule has 21 heavy (non-hydrogen) atoms. The highest BCUT2D eigenvalue weighted by Crippen LogP contribution is 2.38. The second kappa shape index (κ2) is 5.95. The molecule has 0 saturated carbocycles. The molecule has 6 heteroatoms. The summed E-state index contributed by atoms with van der Waals surface area (Å²) >= 11 is 0. The molecule has 0 aromatic heterocycles. The van der Waals surface area contributed by atoms with Crippen molar-refractivity contribution in [3.05, 3.63) is 54.1 Å². The molecule has 0 radical (unpaired) electrons. The van der Waals surface area contributed by atoms with Crippen LogP contribution in [0.2, 0.25) is 0 Å². The summed E-state index contributed by atoms with van der Waals surface area (Å²) in [6.07, 6.45) is -4.43. The number of halogens is 3. The van der Waals surface area contributed by atoms with E-state index in [2.05, 4.69) is 10.2 Å². The summed E-state index contributed by atoms with van der Waals surface area (Å²) in [6, 6.07) is 12.7. The fraction of sp³-hybridized carbons (Fsp3) is 0.200. The van der Waals surface area contributed by atoms with Crippen LogP contribution in [0, 0.1) is 0 Å². The van der Waals surface area contributed by atoms with Crippen LogP contribution in [0.3, 0.4) is 0 Å². The van der Waals surface area contributed by atoms with Crippen LogP contribution in [0.25, 0.3) is 0 Å². The van der Waals surface area contributed by atoms with Crippen molar-refractivity contribution in [2.45, 2.75) is 6.18 Å². The van der Waals surface area contributed by atoms with Crippen LogP contribution in [0.15, 0.2) is 58.8 Å². The molecule has 110 valence electrons. The van der Waals surface area contributed by atoms with Crippen molar-refractivity contribution in [1.82, 2.24) is 0 Å². The summed E-state index contributed by atoms with van der Waals surface area (Å²) in [5.41, 5.74) is 0.123. The molecule has 0 aliphatic rings. The van der Waals surface area contributed by atoms with Crippen molar-refractivity contribution in [2.75, 3.05) is 19.0 Å². The van der Waals surface area contributed by atoms with Crippen molar-refractivity contribution in [2.24, 2.45) is 10.2 Å². The van der Waals surface area contributed by atoms with E-state index in [1.165, 1.54) is 17.0 Å². The maximum Gasteiger partial charge on any atom is 0.418 e. The molecule has 2 aromatic rings. The molecule has 0 aliphatic carbocycles. The number of azo groups is 1. The number of hydrogen-bond acceptors (Lipinski definition) is 3. The average Bonchev–Trinajstić information content (AvgIpc) is 2.45. The van der Waals surface area contributed by atoms with Gasteiger partial charge in [0.15, 0.2) is 0 Å². The van der Waals surface area contributed by atoms with E-state index in [-0.39, 0.29) is 11.4 Å². The first kappa shape index (κ1) is 15.0. The van der Waals surface area contributed by atoms with Gasteiger partial charge in [-0.2, -0.15) is 23.4 Å². The van der Waals surface area contributed by atoms with Crippen LogP contribution in [-0.2, 0) is 6.18 Å². The van der Waals surface area contributed by atoms with Crippen molar-refractivity contribution < 1.29 is 13.2 Å². The quantitative estimate of drug-likeness (QED) is 0.716. The second-order valence-corrected chi connectivity index (χ2v) is 4.63. The number of nitrogens with zero attached hydrogens (tertiary/aromatic N) is 3. The topological polar surface area (TPSA) is 28.0 Å². The van der Waals surface area contributed by atoms with Crippen molar-refractivity contribution in [3.8, 4) is 0 Å². The summed E-state index contributed by atoms with van der Waals surface area (Å²) in [6.45, 7) is 0. The molecule has 0 atom stereocenters. The molecule has 0 heterocycles. The Kier molecular flexibility index (Phi) is 4.26. The van der Waals surface area contributed by atoms with Crippen molar-refractivity contribution in [3.63, 3.8) is 0 Å². The number of hydrogen-bond donors (Lipinski definition) is 0. The molecular weight excluding hydrogens is 279 g/mol. The number of anilines is 1. The van der Waals surface area contributed by atoms with Gasteiger partial charge < -0.3 is 4.90 Å². The summed E-state index contributed by atoms with van der Waals surface area (Å²) < 4.78 is 39.2. The first-order valence-electron chi connectivity index (χ1n) is 6.23. The lowest BCUT2D eigenvalue weighted by molar-refractivity contribution is -0.137. The minimum absolute atomic E-state index is 0.0983. The van der Waals surface area contributed by atoms with E-state index >= 15 is 0 Å². The molecular formula is C15H14F3N3. The monoisotopic (exact) mass is 293 g/mol. The van der Waals surface area contributed by atoms with E-state index < -0.39 is 11.7 Å². The lowest BCUT2D eigenvalue weighted by Crippen LogP contribution is -2.16. The van der Waals surface area contributed by atoms with E-state index in [9.17, 15) is 13.2 Å². The van der Waals surface area contributed by atoms with Gasteiger partial charge in [-0.05, 0) is 30.3 Å². The lowest BCUT2D eigenvalue weighted by Gasteiger charge is -2.19. The Hall–Kier alpha value is -2.37. The first-order chi connectivity index (χ1) is 9.88. The predicted molar refractivity (Wildman–Crippen MR) is 76.4 cm³/mol. The zero-order chi connectivity index (χ0) is 15.5. The van der Waals surface area contributed by atoms with Gasteiger partial charge in [0.2, 0.25) is 0 Å². The normalized spacial score (nSPS) is 11.9. The molecule has 0 amide bonds. The van der Waals surface area contributed by atoms with Gasteiger partial charge in [0.25, 0.3) is 0 Å². The van der Waals surface area contributed by atoms with E-state index in [4.69, 9.17) is 0 Å². The third-order valence-corrected chi connectivity index (χ3v) is 2.80. The van der Waals surface area contributed by atoms with Gasteiger partial charge in [0.1, 0.15) is 0 Å². The highest BCUT2D eigenvalue weighted by Gasteiger charge is 2.34. The largest absolute Gasteiger partial charge is 0.418 e. The minimum Gasteiger partial charge on any atom is -0.377 e. The molecule has 0 unspecified atom stereocenters. The lowest BCUT2D eigenvalue weighted by atomic mass is 10.1. The van der Waals surface area contributed by atoms with E-state index in [0.29, 0.717) is 5.69 Å². The van der Waals surface area contributed by atoms with Crippen LogP contribution in [0.1, 0.15) is 5.56 Å².